The Hall–Kier alpha value is -2.62. The third-order valence-electron chi connectivity index (χ3n) is 4.23. The molecule has 23 heavy (non-hydrogen) atoms. The van der Waals surface area contributed by atoms with E-state index in [4.69, 9.17) is 9.47 Å². The van der Waals surface area contributed by atoms with Crippen molar-refractivity contribution in [3.8, 4) is 0 Å². The summed E-state index contributed by atoms with van der Waals surface area (Å²) < 4.78 is 9.69. The Morgan fingerprint density at radius 3 is 1.61 bits per heavy atom. The molecule has 0 fully saturated rings. The lowest BCUT2D eigenvalue weighted by molar-refractivity contribution is -0.139. The van der Waals surface area contributed by atoms with Gasteiger partial charge in [-0.3, -0.25) is 0 Å². The second-order valence-corrected chi connectivity index (χ2v) is 5.68. The smallest absolute Gasteiger partial charge is 0.334 e. The molecule has 0 radical (unpaired) electrons. The average molecular weight is 310 g/mol. The standard InChI is InChI=1S/C19H18O4/c1-22-18(20)16-10-14-8-12-5-3-4-6-13(7-12)9-15(14)11-17(16)19(21)23-2/h3-6,8-9H,7,10-11H2,1-2H3. The van der Waals surface area contributed by atoms with E-state index in [9.17, 15) is 9.59 Å². The van der Waals surface area contributed by atoms with Gasteiger partial charge in [0.1, 0.15) is 0 Å². The highest BCUT2D eigenvalue weighted by Crippen LogP contribution is 2.39. The molecule has 0 aromatic heterocycles. The van der Waals surface area contributed by atoms with Crippen LogP contribution in [0.25, 0.3) is 0 Å². The number of hydrogen-bond acceptors (Lipinski definition) is 4. The average Bonchev–Trinajstić information content (AvgIpc) is 2.89. The Morgan fingerprint density at radius 2 is 1.22 bits per heavy atom. The van der Waals surface area contributed by atoms with Crippen molar-refractivity contribution in [1.29, 1.82) is 0 Å². The molecule has 0 atom stereocenters. The molecule has 4 nitrogen and oxygen atoms in total. The molecular formula is C19H18O4. The van der Waals surface area contributed by atoms with Crippen molar-refractivity contribution >= 4 is 11.9 Å². The van der Waals surface area contributed by atoms with Crippen LogP contribution in [0.4, 0.5) is 0 Å². The number of ether oxygens (including phenoxy) is 2. The first-order valence-corrected chi connectivity index (χ1v) is 7.49. The number of hydrogen-bond donors (Lipinski definition) is 0. The molecule has 0 aromatic rings. The van der Waals surface area contributed by atoms with E-state index >= 15 is 0 Å². The van der Waals surface area contributed by atoms with Crippen LogP contribution in [-0.2, 0) is 19.1 Å². The highest BCUT2D eigenvalue weighted by molar-refractivity contribution is 6.02. The van der Waals surface area contributed by atoms with Crippen molar-refractivity contribution < 1.29 is 19.1 Å². The summed E-state index contributed by atoms with van der Waals surface area (Å²) >= 11 is 0. The maximum atomic E-state index is 12.1. The number of esters is 2. The fourth-order valence-electron chi connectivity index (χ4n) is 3.10. The predicted octanol–water partition coefficient (Wildman–Crippen LogP) is 3.10. The molecule has 3 aliphatic carbocycles. The molecule has 0 aliphatic heterocycles. The maximum Gasteiger partial charge on any atom is 0.334 e. The van der Waals surface area contributed by atoms with E-state index < -0.39 is 11.9 Å². The van der Waals surface area contributed by atoms with Crippen LogP contribution in [0.3, 0.4) is 0 Å². The molecule has 118 valence electrons. The molecule has 0 heterocycles. The van der Waals surface area contributed by atoms with Crippen LogP contribution in [0, 0.1) is 0 Å². The number of carbonyl (C=O) groups is 2. The van der Waals surface area contributed by atoms with Gasteiger partial charge in [-0.15, -0.1) is 0 Å². The molecule has 0 unspecified atom stereocenters. The number of carbonyl (C=O) groups excluding carboxylic acids is 2. The van der Waals surface area contributed by atoms with Crippen molar-refractivity contribution in [3.05, 3.63) is 69.9 Å². The zero-order valence-electron chi connectivity index (χ0n) is 13.2. The number of methoxy groups -OCH3 is 2. The summed E-state index contributed by atoms with van der Waals surface area (Å²) in [5.74, 6) is -0.939. The highest BCUT2D eigenvalue weighted by atomic mass is 16.5. The zero-order valence-corrected chi connectivity index (χ0v) is 13.2. The lowest BCUT2D eigenvalue weighted by Crippen LogP contribution is -2.20. The maximum absolute atomic E-state index is 12.1. The predicted molar refractivity (Wildman–Crippen MR) is 86.4 cm³/mol. The van der Waals surface area contributed by atoms with Crippen LogP contribution in [-0.4, -0.2) is 26.2 Å². The van der Waals surface area contributed by atoms with Gasteiger partial charge in [0.25, 0.3) is 0 Å². The van der Waals surface area contributed by atoms with Gasteiger partial charge in [0.05, 0.1) is 25.4 Å². The summed E-state index contributed by atoms with van der Waals surface area (Å²) in [6, 6.07) is 0. The van der Waals surface area contributed by atoms with Crippen molar-refractivity contribution in [2.45, 2.75) is 19.3 Å². The molecular weight excluding hydrogens is 292 g/mol. The summed E-state index contributed by atoms with van der Waals surface area (Å²) in [5, 5.41) is 0. The van der Waals surface area contributed by atoms with Gasteiger partial charge in [0, 0.05) is 12.8 Å². The first kappa shape index (κ1) is 15.3. The van der Waals surface area contributed by atoms with E-state index in [1.54, 1.807) is 0 Å². The minimum atomic E-state index is -0.470. The largest absolute Gasteiger partial charge is 0.466 e. The summed E-state index contributed by atoms with van der Waals surface area (Å²) in [4.78, 5) is 24.1. The molecule has 0 spiro atoms. The topological polar surface area (TPSA) is 52.6 Å². The van der Waals surface area contributed by atoms with E-state index in [1.807, 2.05) is 12.2 Å². The monoisotopic (exact) mass is 310 g/mol. The second-order valence-electron chi connectivity index (χ2n) is 5.68. The van der Waals surface area contributed by atoms with Crippen molar-refractivity contribution in [2.24, 2.45) is 0 Å². The van der Waals surface area contributed by atoms with Crippen LogP contribution in [0.5, 0.6) is 0 Å². The summed E-state index contributed by atoms with van der Waals surface area (Å²) in [6.07, 6.45) is 14.0. The fourth-order valence-corrected chi connectivity index (χ4v) is 3.10. The van der Waals surface area contributed by atoms with Gasteiger partial charge in [-0.1, -0.05) is 36.5 Å². The Balaban J connectivity index is 2.10. The first-order valence-electron chi connectivity index (χ1n) is 7.49. The van der Waals surface area contributed by atoms with E-state index in [0.717, 1.165) is 17.6 Å². The lowest BCUT2D eigenvalue weighted by atomic mass is 9.83. The summed E-state index contributed by atoms with van der Waals surface area (Å²) in [5.41, 5.74) is 5.28. The third-order valence-corrected chi connectivity index (χ3v) is 4.23. The van der Waals surface area contributed by atoms with Gasteiger partial charge in [-0.2, -0.15) is 0 Å². The third kappa shape index (κ3) is 2.97. The van der Waals surface area contributed by atoms with Crippen molar-refractivity contribution in [2.75, 3.05) is 14.2 Å². The summed E-state index contributed by atoms with van der Waals surface area (Å²) in [6.45, 7) is 0. The van der Waals surface area contributed by atoms with E-state index in [0.29, 0.717) is 24.0 Å². The lowest BCUT2D eigenvalue weighted by Gasteiger charge is -2.22. The molecule has 0 aromatic carbocycles. The molecule has 0 saturated carbocycles. The molecule has 2 bridgehead atoms. The number of allylic oxidation sites excluding steroid dienone is 10. The molecule has 0 saturated heterocycles. The minimum Gasteiger partial charge on any atom is -0.466 e. The minimum absolute atomic E-state index is 0.386. The number of rotatable bonds is 2. The van der Waals surface area contributed by atoms with Crippen molar-refractivity contribution in [3.63, 3.8) is 0 Å². The Labute approximate surface area is 135 Å². The van der Waals surface area contributed by atoms with Gasteiger partial charge in [0.15, 0.2) is 0 Å². The quantitative estimate of drug-likeness (QED) is 0.735. The Bertz CT molecular complexity index is 692. The molecule has 3 rings (SSSR count). The van der Waals surface area contributed by atoms with Crippen molar-refractivity contribution in [1.82, 2.24) is 0 Å². The number of fused-ring (bicyclic) bond motifs is 3. The second kappa shape index (κ2) is 6.24. The van der Waals surface area contributed by atoms with Crippen LogP contribution in [0.2, 0.25) is 0 Å². The van der Waals surface area contributed by atoms with Gasteiger partial charge < -0.3 is 9.47 Å². The fraction of sp³-hybridized carbons (Fsp3) is 0.263. The zero-order chi connectivity index (χ0) is 16.4. The van der Waals surface area contributed by atoms with Crippen LogP contribution in [0.1, 0.15) is 19.3 Å². The van der Waals surface area contributed by atoms with Crippen LogP contribution >= 0.6 is 0 Å². The molecule has 3 aliphatic rings. The normalized spacial score (nSPS) is 19.4. The molecule has 4 heteroatoms. The van der Waals surface area contributed by atoms with E-state index in [2.05, 4.69) is 24.3 Å². The van der Waals surface area contributed by atoms with Crippen LogP contribution in [0.15, 0.2) is 69.9 Å². The first-order chi connectivity index (χ1) is 11.1. The molecule has 0 amide bonds. The van der Waals surface area contributed by atoms with Gasteiger partial charge in [-0.05, 0) is 28.7 Å². The van der Waals surface area contributed by atoms with E-state index in [-0.39, 0.29) is 0 Å². The SMILES string of the molecule is COC(=O)C1=C(C(=O)OC)CC2=CC3=CC=CC=C(C=C2C1)C3. The Kier molecular flexibility index (Phi) is 4.15. The highest BCUT2D eigenvalue weighted by Gasteiger charge is 2.30. The summed E-state index contributed by atoms with van der Waals surface area (Å²) in [7, 11) is 2.65. The van der Waals surface area contributed by atoms with Gasteiger partial charge >= 0.3 is 11.9 Å². The van der Waals surface area contributed by atoms with Gasteiger partial charge in [-0.25, -0.2) is 9.59 Å². The Morgan fingerprint density at radius 1 is 0.783 bits per heavy atom. The van der Waals surface area contributed by atoms with Crippen LogP contribution < -0.4 is 0 Å². The van der Waals surface area contributed by atoms with Gasteiger partial charge in [0.2, 0.25) is 0 Å². The molecule has 0 N–H and O–H groups in total. The van der Waals surface area contributed by atoms with E-state index in [1.165, 1.54) is 25.4 Å².